The quantitative estimate of drug-likeness (QED) is 0.807. The van der Waals surface area contributed by atoms with Gasteiger partial charge in [0.05, 0.1) is 0 Å². The summed E-state index contributed by atoms with van der Waals surface area (Å²) in [6, 6.07) is 0. The number of carbonyl (C=O) groups excluding carboxylic acids is 1. The van der Waals surface area contributed by atoms with Crippen LogP contribution in [0.2, 0.25) is 0 Å². The Hall–Kier alpha value is -1.32. The Balaban J connectivity index is 1.74. The Morgan fingerprint density at radius 3 is 2.67 bits per heavy atom. The van der Waals surface area contributed by atoms with Crippen molar-refractivity contribution in [1.82, 2.24) is 9.88 Å². The van der Waals surface area contributed by atoms with Crippen molar-refractivity contribution in [1.29, 1.82) is 0 Å². The van der Waals surface area contributed by atoms with Crippen LogP contribution in [-0.4, -0.2) is 28.9 Å². The summed E-state index contributed by atoms with van der Waals surface area (Å²) >= 11 is 0. The smallest absolute Gasteiger partial charge is 0.276 e. The lowest BCUT2D eigenvalue weighted by Crippen LogP contribution is -2.30. The highest BCUT2D eigenvalue weighted by Crippen LogP contribution is 2.36. The van der Waals surface area contributed by atoms with Crippen LogP contribution >= 0.6 is 0 Å². The second kappa shape index (κ2) is 4.75. The van der Waals surface area contributed by atoms with E-state index in [9.17, 15) is 4.79 Å². The van der Waals surface area contributed by atoms with E-state index >= 15 is 0 Å². The van der Waals surface area contributed by atoms with Crippen LogP contribution in [0.5, 0.6) is 0 Å². The minimum Gasteiger partial charge on any atom is -0.448 e. The molecule has 0 spiro atoms. The zero-order valence-corrected chi connectivity index (χ0v) is 10.9. The van der Waals surface area contributed by atoms with E-state index in [2.05, 4.69) is 4.98 Å². The molecule has 3 rings (SSSR count). The van der Waals surface area contributed by atoms with Gasteiger partial charge in [-0.15, -0.1) is 0 Å². The molecule has 1 amide bonds. The third kappa shape index (κ3) is 1.93. The predicted molar refractivity (Wildman–Crippen MR) is 67.2 cm³/mol. The number of amides is 1. The first-order valence-electron chi connectivity index (χ1n) is 7.01. The van der Waals surface area contributed by atoms with Gasteiger partial charge in [0.25, 0.3) is 5.91 Å². The Bertz CT molecular complexity index is 427. The summed E-state index contributed by atoms with van der Waals surface area (Å²) < 4.78 is 5.25. The summed E-state index contributed by atoms with van der Waals surface area (Å²) in [7, 11) is 0. The van der Waals surface area contributed by atoms with Crippen LogP contribution in [0.25, 0.3) is 0 Å². The van der Waals surface area contributed by atoms with Crippen molar-refractivity contribution in [3.63, 3.8) is 0 Å². The molecule has 1 aliphatic carbocycles. The fraction of sp³-hybridized carbons (Fsp3) is 0.714. The largest absolute Gasteiger partial charge is 0.448 e. The average molecular weight is 248 g/mol. The molecule has 1 aliphatic heterocycles. The first kappa shape index (κ1) is 11.8. The second-order valence-electron chi connectivity index (χ2n) is 5.49. The van der Waals surface area contributed by atoms with Crippen LogP contribution < -0.4 is 0 Å². The first-order valence-corrected chi connectivity index (χ1v) is 7.01. The summed E-state index contributed by atoms with van der Waals surface area (Å²) in [5.74, 6) is 2.23. The van der Waals surface area contributed by atoms with E-state index in [-0.39, 0.29) is 5.91 Å². The zero-order valence-electron chi connectivity index (χ0n) is 10.9. The average Bonchev–Trinajstić information content (AvgIpc) is 3.03. The Labute approximate surface area is 107 Å². The molecule has 1 saturated carbocycles. The predicted octanol–water partition coefficient (Wildman–Crippen LogP) is 2.50. The van der Waals surface area contributed by atoms with Crippen molar-refractivity contribution in [3.05, 3.63) is 17.8 Å². The standard InChI is InChI=1S/C14H20N2O2/c1-2-12-13(15-9-18-12)14(17)16-7-10-5-3-4-6-11(10)8-16/h9-11H,2-8H2,1H3/t10-,11+. The molecule has 2 atom stereocenters. The summed E-state index contributed by atoms with van der Waals surface area (Å²) in [4.78, 5) is 18.5. The van der Waals surface area contributed by atoms with Crippen LogP contribution in [0.1, 0.15) is 48.9 Å². The van der Waals surface area contributed by atoms with Crippen LogP contribution in [0.3, 0.4) is 0 Å². The number of rotatable bonds is 2. The SMILES string of the molecule is CCc1ocnc1C(=O)N1C[C@H]2CCCC[C@H]2C1. The molecule has 2 heterocycles. The maximum Gasteiger partial charge on any atom is 0.276 e. The summed E-state index contributed by atoms with van der Waals surface area (Å²) in [5.41, 5.74) is 0.524. The van der Waals surface area contributed by atoms with E-state index in [1.165, 1.54) is 32.1 Å². The fourth-order valence-corrected chi connectivity index (χ4v) is 3.42. The highest BCUT2D eigenvalue weighted by molar-refractivity contribution is 5.93. The number of aryl methyl sites for hydroxylation is 1. The highest BCUT2D eigenvalue weighted by Gasteiger charge is 2.37. The van der Waals surface area contributed by atoms with Gasteiger partial charge in [0.15, 0.2) is 12.1 Å². The van der Waals surface area contributed by atoms with Gasteiger partial charge in [-0.25, -0.2) is 4.98 Å². The molecule has 98 valence electrons. The molecule has 0 N–H and O–H groups in total. The number of fused-ring (bicyclic) bond motifs is 1. The van der Waals surface area contributed by atoms with Gasteiger partial charge in [0.1, 0.15) is 5.76 Å². The van der Waals surface area contributed by atoms with E-state index in [4.69, 9.17) is 4.42 Å². The minimum atomic E-state index is 0.0648. The lowest BCUT2D eigenvalue weighted by Gasteiger charge is -2.22. The summed E-state index contributed by atoms with van der Waals surface area (Å²) in [6.07, 6.45) is 7.33. The summed E-state index contributed by atoms with van der Waals surface area (Å²) in [5, 5.41) is 0. The van der Waals surface area contributed by atoms with E-state index in [0.717, 1.165) is 37.1 Å². The number of likely N-dealkylation sites (tertiary alicyclic amines) is 1. The van der Waals surface area contributed by atoms with Gasteiger partial charge in [-0.1, -0.05) is 19.8 Å². The lowest BCUT2D eigenvalue weighted by molar-refractivity contribution is 0.0776. The van der Waals surface area contributed by atoms with Gasteiger partial charge >= 0.3 is 0 Å². The monoisotopic (exact) mass is 248 g/mol. The van der Waals surface area contributed by atoms with Gasteiger partial charge in [-0.3, -0.25) is 4.79 Å². The molecule has 2 aliphatic rings. The number of carbonyl (C=O) groups is 1. The molecule has 1 aromatic heterocycles. The molecule has 0 unspecified atom stereocenters. The van der Waals surface area contributed by atoms with Gasteiger partial charge in [-0.2, -0.15) is 0 Å². The fourth-order valence-electron chi connectivity index (χ4n) is 3.42. The number of oxazole rings is 1. The number of hydrogen-bond acceptors (Lipinski definition) is 3. The van der Waals surface area contributed by atoms with Gasteiger partial charge in [-0.05, 0) is 24.7 Å². The number of nitrogens with zero attached hydrogens (tertiary/aromatic N) is 2. The van der Waals surface area contributed by atoms with E-state index in [0.29, 0.717) is 5.69 Å². The highest BCUT2D eigenvalue weighted by atomic mass is 16.3. The molecule has 0 radical (unpaired) electrons. The lowest BCUT2D eigenvalue weighted by atomic mass is 9.82. The molecule has 2 fully saturated rings. The topological polar surface area (TPSA) is 46.3 Å². The number of hydrogen-bond donors (Lipinski definition) is 0. The van der Waals surface area contributed by atoms with Crippen molar-refractivity contribution in [2.24, 2.45) is 11.8 Å². The van der Waals surface area contributed by atoms with Crippen molar-refractivity contribution in [2.45, 2.75) is 39.0 Å². The molecular formula is C14H20N2O2. The third-order valence-corrected chi connectivity index (χ3v) is 4.43. The maximum atomic E-state index is 12.4. The van der Waals surface area contributed by atoms with Gasteiger partial charge < -0.3 is 9.32 Å². The van der Waals surface area contributed by atoms with Crippen molar-refractivity contribution >= 4 is 5.91 Å². The molecule has 0 bridgehead atoms. The van der Waals surface area contributed by atoms with E-state index < -0.39 is 0 Å². The van der Waals surface area contributed by atoms with Crippen molar-refractivity contribution in [3.8, 4) is 0 Å². The molecule has 0 aromatic carbocycles. The molecule has 1 aromatic rings. The molecule has 4 heteroatoms. The minimum absolute atomic E-state index is 0.0648. The molecule has 18 heavy (non-hydrogen) atoms. The first-order chi connectivity index (χ1) is 8.79. The maximum absolute atomic E-state index is 12.4. The van der Waals surface area contributed by atoms with Crippen LogP contribution in [0.4, 0.5) is 0 Å². The van der Waals surface area contributed by atoms with Gasteiger partial charge in [0.2, 0.25) is 0 Å². The van der Waals surface area contributed by atoms with Gasteiger partial charge in [0, 0.05) is 19.5 Å². The van der Waals surface area contributed by atoms with Crippen LogP contribution in [0, 0.1) is 11.8 Å². The Morgan fingerprint density at radius 1 is 1.39 bits per heavy atom. The van der Waals surface area contributed by atoms with Crippen LogP contribution in [-0.2, 0) is 6.42 Å². The van der Waals surface area contributed by atoms with E-state index in [1.807, 2.05) is 11.8 Å². The Morgan fingerprint density at radius 2 is 2.06 bits per heavy atom. The Kier molecular flexibility index (Phi) is 3.10. The summed E-state index contributed by atoms with van der Waals surface area (Å²) in [6.45, 7) is 3.82. The molecule has 4 nitrogen and oxygen atoms in total. The molecular weight excluding hydrogens is 228 g/mol. The zero-order chi connectivity index (χ0) is 12.5. The van der Waals surface area contributed by atoms with E-state index in [1.54, 1.807) is 0 Å². The van der Waals surface area contributed by atoms with Crippen molar-refractivity contribution in [2.75, 3.05) is 13.1 Å². The van der Waals surface area contributed by atoms with Crippen molar-refractivity contribution < 1.29 is 9.21 Å². The molecule has 1 saturated heterocycles. The second-order valence-corrected chi connectivity index (χ2v) is 5.49. The number of aromatic nitrogens is 1. The third-order valence-electron chi connectivity index (χ3n) is 4.43. The normalized spacial score (nSPS) is 27.3. The van der Waals surface area contributed by atoms with Crippen LogP contribution in [0.15, 0.2) is 10.8 Å².